The standard InChI is InChI=1S/C19H25N3OS/c1-4-22(5-2)14-16-10-7-6-9-15(16)13-21-18(23)17-11-8-12-20-19(17)24-3/h6-12H,4-5,13-14H2,1-3H3,(H,21,23). The van der Waals surface area contributed by atoms with Gasteiger partial charge < -0.3 is 5.32 Å². The molecule has 0 aliphatic heterocycles. The van der Waals surface area contributed by atoms with Crippen molar-refractivity contribution in [3.63, 3.8) is 0 Å². The van der Waals surface area contributed by atoms with Crippen LogP contribution in [-0.2, 0) is 13.1 Å². The highest BCUT2D eigenvalue weighted by Gasteiger charge is 2.12. The first kappa shape index (κ1) is 18.5. The van der Waals surface area contributed by atoms with Crippen LogP contribution in [0.4, 0.5) is 0 Å². The zero-order valence-corrected chi connectivity index (χ0v) is 15.4. The number of hydrogen-bond acceptors (Lipinski definition) is 4. The van der Waals surface area contributed by atoms with E-state index in [1.165, 1.54) is 17.3 Å². The Labute approximate surface area is 148 Å². The van der Waals surface area contributed by atoms with Gasteiger partial charge in [-0.3, -0.25) is 9.69 Å². The average Bonchev–Trinajstić information content (AvgIpc) is 2.64. The molecule has 1 amide bonds. The van der Waals surface area contributed by atoms with E-state index >= 15 is 0 Å². The molecule has 128 valence electrons. The van der Waals surface area contributed by atoms with Crippen LogP contribution in [0.15, 0.2) is 47.6 Å². The number of nitrogens with zero attached hydrogens (tertiary/aromatic N) is 2. The molecule has 5 heteroatoms. The minimum absolute atomic E-state index is 0.0786. The molecule has 0 fully saturated rings. The molecule has 0 saturated carbocycles. The maximum Gasteiger partial charge on any atom is 0.254 e. The number of rotatable bonds is 8. The summed E-state index contributed by atoms with van der Waals surface area (Å²) >= 11 is 1.48. The van der Waals surface area contributed by atoms with Crippen LogP contribution in [0.5, 0.6) is 0 Å². The van der Waals surface area contributed by atoms with Crippen LogP contribution in [-0.4, -0.2) is 35.1 Å². The van der Waals surface area contributed by atoms with Gasteiger partial charge in [-0.05, 0) is 42.6 Å². The van der Waals surface area contributed by atoms with Crippen molar-refractivity contribution < 1.29 is 4.79 Å². The molecule has 0 saturated heterocycles. The number of nitrogens with one attached hydrogen (secondary N) is 1. The SMILES string of the molecule is CCN(CC)Cc1ccccc1CNC(=O)c1cccnc1SC. The van der Waals surface area contributed by atoms with Gasteiger partial charge in [0.1, 0.15) is 5.03 Å². The number of hydrogen-bond donors (Lipinski definition) is 1. The molecule has 1 heterocycles. The smallest absolute Gasteiger partial charge is 0.254 e. The predicted octanol–water partition coefficient (Wildman–Crippen LogP) is 3.58. The second-order valence-corrected chi connectivity index (χ2v) is 6.27. The van der Waals surface area contributed by atoms with Gasteiger partial charge in [0, 0.05) is 19.3 Å². The largest absolute Gasteiger partial charge is 0.348 e. The fourth-order valence-corrected chi connectivity index (χ4v) is 3.12. The molecule has 0 bridgehead atoms. The zero-order valence-electron chi connectivity index (χ0n) is 14.6. The van der Waals surface area contributed by atoms with E-state index in [-0.39, 0.29) is 5.91 Å². The average molecular weight is 343 g/mol. The lowest BCUT2D eigenvalue weighted by molar-refractivity contribution is 0.0947. The Balaban J connectivity index is 2.08. The summed E-state index contributed by atoms with van der Waals surface area (Å²) in [7, 11) is 0. The van der Waals surface area contributed by atoms with Crippen molar-refractivity contribution in [1.82, 2.24) is 15.2 Å². The lowest BCUT2D eigenvalue weighted by atomic mass is 10.1. The summed E-state index contributed by atoms with van der Waals surface area (Å²) < 4.78 is 0. The molecular weight excluding hydrogens is 318 g/mol. The number of pyridine rings is 1. The highest BCUT2D eigenvalue weighted by molar-refractivity contribution is 7.98. The quantitative estimate of drug-likeness (QED) is 0.744. The van der Waals surface area contributed by atoms with Gasteiger partial charge in [0.2, 0.25) is 0 Å². The fraction of sp³-hybridized carbons (Fsp3) is 0.368. The van der Waals surface area contributed by atoms with E-state index in [1.54, 1.807) is 12.3 Å². The number of carbonyl (C=O) groups excluding carboxylic acids is 1. The van der Waals surface area contributed by atoms with Crippen molar-refractivity contribution in [2.75, 3.05) is 19.3 Å². The predicted molar refractivity (Wildman–Crippen MR) is 100 cm³/mol. The van der Waals surface area contributed by atoms with Crippen molar-refractivity contribution in [1.29, 1.82) is 0 Å². The third kappa shape index (κ3) is 4.82. The summed E-state index contributed by atoms with van der Waals surface area (Å²) in [5.74, 6) is -0.0786. The second kappa shape index (κ2) is 9.45. The van der Waals surface area contributed by atoms with Crippen LogP contribution < -0.4 is 5.32 Å². The molecule has 1 aromatic heterocycles. The molecule has 1 N–H and O–H groups in total. The third-order valence-corrected chi connectivity index (χ3v) is 4.77. The normalized spacial score (nSPS) is 10.8. The van der Waals surface area contributed by atoms with Gasteiger partial charge in [0.25, 0.3) is 5.91 Å². The zero-order chi connectivity index (χ0) is 17.4. The summed E-state index contributed by atoms with van der Waals surface area (Å²) in [6.45, 7) is 7.80. The maximum atomic E-state index is 12.5. The summed E-state index contributed by atoms with van der Waals surface area (Å²) in [4.78, 5) is 19.1. The lowest BCUT2D eigenvalue weighted by Crippen LogP contribution is -2.26. The molecule has 0 atom stereocenters. The summed E-state index contributed by atoms with van der Waals surface area (Å²) in [5.41, 5.74) is 3.05. The molecule has 1 aromatic carbocycles. The van der Waals surface area contributed by atoms with E-state index in [2.05, 4.69) is 47.2 Å². The number of amides is 1. The van der Waals surface area contributed by atoms with Crippen molar-refractivity contribution in [3.05, 3.63) is 59.3 Å². The first-order valence-electron chi connectivity index (χ1n) is 8.25. The number of thioether (sulfide) groups is 1. The van der Waals surface area contributed by atoms with E-state index in [0.717, 1.165) is 30.2 Å². The fourth-order valence-electron chi connectivity index (χ4n) is 2.57. The Morgan fingerprint density at radius 3 is 2.50 bits per heavy atom. The highest BCUT2D eigenvalue weighted by Crippen LogP contribution is 2.17. The van der Waals surface area contributed by atoms with Gasteiger partial charge in [-0.15, -0.1) is 11.8 Å². The van der Waals surface area contributed by atoms with Crippen LogP contribution in [0.1, 0.15) is 35.3 Å². The van der Waals surface area contributed by atoms with Gasteiger partial charge in [-0.2, -0.15) is 0 Å². The molecule has 2 aromatic rings. The van der Waals surface area contributed by atoms with Gasteiger partial charge >= 0.3 is 0 Å². The molecule has 0 spiro atoms. The topological polar surface area (TPSA) is 45.2 Å². The molecule has 0 aliphatic rings. The first-order chi connectivity index (χ1) is 11.7. The van der Waals surface area contributed by atoms with Gasteiger partial charge in [-0.1, -0.05) is 38.1 Å². The van der Waals surface area contributed by atoms with E-state index in [9.17, 15) is 4.79 Å². The van der Waals surface area contributed by atoms with Crippen molar-refractivity contribution in [3.8, 4) is 0 Å². The Morgan fingerprint density at radius 2 is 1.83 bits per heavy atom. The molecule has 4 nitrogen and oxygen atoms in total. The van der Waals surface area contributed by atoms with Gasteiger partial charge in [-0.25, -0.2) is 4.98 Å². The van der Waals surface area contributed by atoms with E-state index in [1.807, 2.05) is 18.4 Å². The van der Waals surface area contributed by atoms with E-state index < -0.39 is 0 Å². The number of carbonyl (C=O) groups is 1. The number of benzene rings is 1. The van der Waals surface area contributed by atoms with Gasteiger partial charge in [0.15, 0.2) is 0 Å². The van der Waals surface area contributed by atoms with E-state index in [0.29, 0.717) is 12.1 Å². The molecule has 0 radical (unpaired) electrons. The van der Waals surface area contributed by atoms with Crippen molar-refractivity contribution in [2.45, 2.75) is 32.0 Å². The molecule has 0 unspecified atom stereocenters. The van der Waals surface area contributed by atoms with Crippen LogP contribution in [0, 0.1) is 0 Å². The van der Waals surface area contributed by atoms with Crippen LogP contribution in [0.2, 0.25) is 0 Å². The molecular formula is C19H25N3OS. The minimum atomic E-state index is -0.0786. The molecule has 24 heavy (non-hydrogen) atoms. The Morgan fingerprint density at radius 1 is 1.12 bits per heavy atom. The molecule has 2 rings (SSSR count). The monoisotopic (exact) mass is 343 g/mol. The third-order valence-electron chi connectivity index (χ3n) is 4.06. The molecule has 0 aliphatic carbocycles. The second-order valence-electron chi connectivity index (χ2n) is 5.47. The minimum Gasteiger partial charge on any atom is -0.348 e. The van der Waals surface area contributed by atoms with Crippen LogP contribution in [0.3, 0.4) is 0 Å². The summed E-state index contributed by atoms with van der Waals surface area (Å²) in [6, 6.07) is 11.9. The Bertz CT molecular complexity index is 671. The van der Waals surface area contributed by atoms with E-state index in [4.69, 9.17) is 0 Å². The summed E-state index contributed by atoms with van der Waals surface area (Å²) in [5, 5.41) is 3.78. The highest BCUT2D eigenvalue weighted by atomic mass is 32.2. The van der Waals surface area contributed by atoms with Gasteiger partial charge in [0.05, 0.1) is 5.56 Å². The van der Waals surface area contributed by atoms with Crippen LogP contribution >= 0.6 is 11.8 Å². The summed E-state index contributed by atoms with van der Waals surface area (Å²) in [6.07, 6.45) is 3.64. The lowest BCUT2D eigenvalue weighted by Gasteiger charge is -2.20. The Hall–Kier alpha value is -1.85. The Kier molecular flexibility index (Phi) is 7.28. The van der Waals surface area contributed by atoms with Crippen molar-refractivity contribution >= 4 is 17.7 Å². The number of aromatic nitrogens is 1. The maximum absolute atomic E-state index is 12.5. The first-order valence-corrected chi connectivity index (χ1v) is 9.48. The van der Waals surface area contributed by atoms with Crippen molar-refractivity contribution in [2.24, 2.45) is 0 Å². The van der Waals surface area contributed by atoms with Crippen LogP contribution in [0.25, 0.3) is 0 Å².